The maximum absolute atomic E-state index is 11.7. The van der Waals surface area contributed by atoms with Crippen LogP contribution in [0.1, 0.15) is 37.5 Å². The van der Waals surface area contributed by atoms with Gasteiger partial charge in [0.25, 0.3) is 0 Å². The van der Waals surface area contributed by atoms with E-state index in [1.54, 1.807) is 0 Å². The summed E-state index contributed by atoms with van der Waals surface area (Å²) in [5, 5.41) is 6.18. The Balaban J connectivity index is 1.98. The molecule has 1 amide bonds. The third-order valence-electron chi connectivity index (χ3n) is 3.06. The number of ether oxygens (including phenoxy) is 1. The second-order valence-electron chi connectivity index (χ2n) is 5.84. The molecule has 1 aliphatic rings. The Labute approximate surface area is 114 Å². The summed E-state index contributed by atoms with van der Waals surface area (Å²) in [6.45, 7) is 8.03. The summed E-state index contributed by atoms with van der Waals surface area (Å²) < 4.78 is 5.24. The average molecular weight is 262 g/mol. The maximum Gasteiger partial charge on any atom is 0.407 e. The average Bonchev–Trinajstić information content (AvgIpc) is 2.34. The van der Waals surface area contributed by atoms with Gasteiger partial charge in [0.2, 0.25) is 0 Å². The molecule has 104 valence electrons. The number of carbonyl (C=O) groups excluding carboxylic acids is 1. The summed E-state index contributed by atoms with van der Waals surface area (Å²) in [4.78, 5) is 11.7. The number of benzene rings is 1. The first-order valence-electron chi connectivity index (χ1n) is 6.73. The van der Waals surface area contributed by atoms with Gasteiger partial charge in [-0.3, -0.25) is 0 Å². The molecule has 0 aromatic heterocycles. The lowest BCUT2D eigenvalue weighted by atomic mass is 9.95. The molecule has 1 heterocycles. The molecule has 0 fully saturated rings. The third kappa shape index (κ3) is 3.96. The van der Waals surface area contributed by atoms with E-state index in [2.05, 4.69) is 22.8 Å². The Morgan fingerprint density at radius 1 is 1.42 bits per heavy atom. The SMILES string of the molecule is CC(C)(C)OC(=O)NCc1cccc2c1CCNC2. The molecular weight excluding hydrogens is 240 g/mol. The van der Waals surface area contributed by atoms with Crippen molar-refractivity contribution in [2.45, 2.75) is 45.9 Å². The topological polar surface area (TPSA) is 50.4 Å². The molecule has 2 rings (SSSR count). The van der Waals surface area contributed by atoms with Crippen LogP contribution in [-0.2, 0) is 24.2 Å². The lowest BCUT2D eigenvalue weighted by Crippen LogP contribution is -2.33. The van der Waals surface area contributed by atoms with Gasteiger partial charge in [-0.2, -0.15) is 0 Å². The normalized spacial score (nSPS) is 14.7. The zero-order valence-corrected chi connectivity index (χ0v) is 11.9. The maximum atomic E-state index is 11.7. The predicted molar refractivity (Wildman–Crippen MR) is 74.9 cm³/mol. The Morgan fingerprint density at radius 3 is 2.95 bits per heavy atom. The van der Waals surface area contributed by atoms with Crippen LogP contribution in [-0.4, -0.2) is 18.2 Å². The molecule has 0 aliphatic carbocycles. The molecule has 2 N–H and O–H groups in total. The van der Waals surface area contributed by atoms with Crippen LogP contribution in [0.5, 0.6) is 0 Å². The van der Waals surface area contributed by atoms with Crippen molar-refractivity contribution in [3.63, 3.8) is 0 Å². The Hall–Kier alpha value is -1.55. The van der Waals surface area contributed by atoms with Gasteiger partial charge in [0, 0.05) is 13.1 Å². The van der Waals surface area contributed by atoms with Crippen LogP contribution in [0.15, 0.2) is 18.2 Å². The van der Waals surface area contributed by atoms with E-state index in [9.17, 15) is 4.79 Å². The fourth-order valence-electron chi connectivity index (χ4n) is 2.26. The Kier molecular flexibility index (Phi) is 4.10. The van der Waals surface area contributed by atoms with Crippen LogP contribution in [0.3, 0.4) is 0 Å². The van der Waals surface area contributed by atoms with Crippen LogP contribution in [0.4, 0.5) is 4.79 Å². The molecule has 0 saturated carbocycles. The van der Waals surface area contributed by atoms with Gasteiger partial charge in [-0.05, 0) is 50.4 Å². The highest BCUT2D eigenvalue weighted by Crippen LogP contribution is 2.18. The Morgan fingerprint density at radius 2 is 2.21 bits per heavy atom. The molecule has 1 aromatic carbocycles. The highest BCUT2D eigenvalue weighted by Gasteiger charge is 2.17. The minimum Gasteiger partial charge on any atom is -0.444 e. The molecule has 0 atom stereocenters. The van der Waals surface area contributed by atoms with E-state index in [1.165, 1.54) is 16.7 Å². The summed E-state index contributed by atoms with van der Waals surface area (Å²) in [5.41, 5.74) is 3.42. The van der Waals surface area contributed by atoms with Gasteiger partial charge < -0.3 is 15.4 Å². The standard InChI is InChI=1S/C15H22N2O2/c1-15(2,3)19-14(18)17-10-12-6-4-5-11-9-16-8-7-13(11)12/h4-6,16H,7-10H2,1-3H3,(H,17,18). The molecule has 0 bridgehead atoms. The summed E-state index contributed by atoms with van der Waals surface area (Å²) in [7, 11) is 0. The first kappa shape index (κ1) is 13.9. The number of carbonyl (C=O) groups is 1. The molecule has 1 aliphatic heterocycles. The first-order chi connectivity index (χ1) is 8.96. The molecule has 19 heavy (non-hydrogen) atoms. The van der Waals surface area contributed by atoms with Gasteiger partial charge in [0.15, 0.2) is 0 Å². The largest absolute Gasteiger partial charge is 0.444 e. The highest BCUT2D eigenvalue weighted by atomic mass is 16.6. The molecule has 1 aromatic rings. The number of nitrogens with one attached hydrogen (secondary N) is 2. The van der Waals surface area contributed by atoms with Crippen molar-refractivity contribution in [3.05, 3.63) is 34.9 Å². The van der Waals surface area contributed by atoms with Crippen LogP contribution in [0, 0.1) is 0 Å². The zero-order chi connectivity index (χ0) is 13.9. The molecule has 0 unspecified atom stereocenters. The summed E-state index contributed by atoms with van der Waals surface area (Å²) in [5.74, 6) is 0. The molecule has 4 nitrogen and oxygen atoms in total. The lowest BCUT2D eigenvalue weighted by Gasteiger charge is -2.22. The number of hydrogen-bond donors (Lipinski definition) is 2. The number of fused-ring (bicyclic) bond motifs is 1. The van der Waals surface area contributed by atoms with Crippen molar-refractivity contribution in [1.29, 1.82) is 0 Å². The number of alkyl carbamates (subject to hydrolysis) is 1. The van der Waals surface area contributed by atoms with Crippen LogP contribution < -0.4 is 10.6 Å². The van der Waals surface area contributed by atoms with Gasteiger partial charge in [0.05, 0.1) is 0 Å². The van der Waals surface area contributed by atoms with Crippen molar-refractivity contribution >= 4 is 6.09 Å². The second-order valence-corrected chi connectivity index (χ2v) is 5.84. The van der Waals surface area contributed by atoms with Crippen LogP contribution >= 0.6 is 0 Å². The van der Waals surface area contributed by atoms with Gasteiger partial charge >= 0.3 is 6.09 Å². The smallest absolute Gasteiger partial charge is 0.407 e. The minimum atomic E-state index is -0.454. The van der Waals surface area contributed by atoms with E-state index < -0.39 is 5.60 Å². The van der Waals surface area contributed by atoms with Gasteiger partial charge in [-0.1, -0.05) is 18.2 Å². The van der Waals surface area contributed by atoms with E-state index in [0.29, 0.717) is 6.54 Å². The van der Waals surface area contributed by atoms with E-state index in [1.807, 2.05) is 26.8 Å². The van der Waals surface area contributed by atoms with Crippen molar-refractivity contribution in [2.75, 3.05) is 6.54 Å². The third-order valence-corrected chi connectivity index (χ3v) is 3.06. The zero-order valence-electron chi connectivity index (χ0n) is 11.9. The quantitative estimate of drug-likeness (QED) is 0.860. The van der Waals surface area contributed by atoms with E-state index in [4.69, 9.17) is 4.74 Å². The highest BCUT2D eigenvalue weighted by molar-refractivity contribution is 5.67. The van der Waals surface area contributed by atoms with Crippen molar-refractivity contribution in [2.24, 2.45) is 0 Å². The Bertz CT molecular complexity index is 464. The van der Waals surface area contributed by atoms with E-state index >= 15 is 0 Å². The van der Waals surface area contributed by atoms with Gasteiger partial charge in [0.1, 0.15) is 5.60 Å². The van der Waals surface area contributed by atoms with Gasteiger partial charge in [-0.15, -0.1) is 0 Å². The summed E-state index contributed by atoms with van der Waals surface area (Å²) >= 11 is 0. The summed E-state index contributed by atoms with van der Waals surface area (Å²) in [6, 6.07) is 6.25. The second kappa shape index (κ2) is 5.61. The first-order valence-corrected chi connectivity index (χ1v) is 6.73. The van der Waals surface area contributed by atoms with E-state index in [0.717, 1.165) is 19.5 Å². The number of hydrogen-bond acceptors (Lipinski definition) is 3. The monoisotopic (exact) mass is 262 g/mol. The predicted octanol–water partition coefficient (Wildman–Crippen LogP) is 2.36. The van der Waals surface area contributed by atoms with Crippen molar-refractivity contribution in [3.8, 4) is 0 Å². The van der Waals surface area contributed by atoms with Crippen molar-refractivity contribution in [1.82, 2.24) is 10.6 Å². The minimum absolute atomic E-state index is 0.362. The van der Waals surface area contributed by atoms with E-state index in [-0.39, 0.29) is 6.09 Å². The number of amides is 1. The molecule has 4 heteroatoms. The number of rotatable bonds is 2. The molecule has 0 spiro atoms. The van der Waals surface area contributed by atoms with Crippen LogP contribution in [0.25, 0.3) is 0 Å². The van der Waals surface area contributed by atoms with Crippen molar-refractivity contribution < 1.29 is 9.53 Å². The molecule has 0 saturated heterocycles. The molecule has 0 radical (unpaired) electrons. The molecular formula is C15H22N2O2. The van der Waals surface area contributed by atoms with Crippen LogP contribution in [0.2, 0.25) is 0 Å². The summed E-state index contributed by atoms with van der Waals surface area (Å²) in [6.07, 6.45) is 0.653. The van der Waals surface area contributed by atoms with Gasteiger partial charge in [-0.25, -0.2) is 4.79 Å². The fourth-order valence-corrected chi connectivity index (χ4v) is 2.26. The fraction of sp³-hybridized carbons (Fsp3) is 0.533. The lowest BCUT2D eigenvalue weighted by molar-refractivity contribution is 0.0523.